The van der Waals surface area contributed by atoms with Crippen molar-refractivity contribution in [2.24, 2.45) is 0 Å². The fourth-order valence-corrected chi connectivity index (χ4v) is 1.08. The van der Waals surface area contributed by atoms with Crippen LogP contribution in [0.2, 0.25) is 0 Å². The van der Waals surface area contributed by atoms with E-state index in [9.17, 15) is 4.79 Å². The highest BCUT2D eigenvalue weighted by molar-refractivity contribution is 5.76. The molecule has 4 heteroatoms. The summed E-state index contributed by atoms with van der Waals surface area (Å²) in [5, 5.41) is 11.5. The molecule has 1 fully saturated rings. The van der Waals surface area contributed by atoms with Crippen molar-refractivity contribution in [1.82, 2.24) is 5.32 Å². The van der Waals surface area contributed by atoms with Gasteiger partial charge in [-0.3, -0.25) is 4.79 Å². The molecule has 1 saturated heterocycles. The fraction of sp³-hybridized carbons (Fsp3) is 0.857. The van der Waals surface area contributed by atoms with Gasteiger partial charge in [0.05, 0.1) is 0 Å². The molecular weight excluding hydrogens is 146 g/mol. The van der Waals surface area contributed by atoms with E-state index in [1.54, 1.807) is 0 Å². The lowest BCUT2D eigenvalue weighted by Crippen LogP contribution is -2.45. The molecule has 1 unspecified atom stereocenters. The van der Waals surface area contributed by atoms with E-state index >= 15 is 0 Å². The minimum atomic E-state index is -0.198. The third-order valence-electron chi connectivity index (χ3n) is 1.67. The zero-order valence-electron chi connectivity index (χ0n) is 6.38. The predicted octanol–water partition coefficient (Wildman–Crippen LogP) is -0.726. The molecule has 0 aliphatic carbocycles. The predicted molar refractivity (Wildman–Crippen MR) is 39.1 cm³/mol. The molecule has 0 spiro atoms. The molecule has 2 N–H and O–H groups in total. The minimum Gasteiger partial charge on any atom is -0.463 e. The van der Waals surface area contributed by atoms with Gasteiger partial charge in [-0.15, -0.1) is 0 Å². The van der Waals surface area contributed by atoms with E-state index in [0.29, 0.717) is 19.4 Å². The molecule has 0 bridgehead atoms. The summed E-state index contributed by atoms with van der Waals surface area (Å²) in [5.74, 6) is -0.190. The van der Waals surface area contributed by atoms with Crippen LogP contribution in [0.5, 0.6) is 0 Å². The summed E-state index contributed by atoms with van der Waals surface area (Å²) >= 11 is 0. The Morgan fingerprint density at radius 2 is 2.55 bits per heavy atom. The maximum absolute atomic E-state index is 10.9. The van der Waals surface area contributed by atoms with Crippen molar-refractivity contribution in [1.29, 1.82) is 0 Å². The number of carbonyl (C=O) groups excluding carboxylic acids is 1. The normalized spacial score (nSPS) is 24.8. The molecule has 1 rings (SSSR count). The Balaban J connectivity index is 2.24. The molecule has 1 atom stereocenters. The first-order chi connectivity index (χ1) is 5.34. The van der Waals surface area contributed by atoms with Gasteiger partial charge in [0.25, 0.3) is 0 Å². The molecule has 11 heavy (non-hydrogen) atoms. The molecule has 64 valence electrons. The molecule has 4 nitrogen and oxygen atoms in total. The van der Waals surface area contributed by atoms with Gasteiger partial charge in [-0.1, -0.05) is 0 Å². The summed E-state index contributed by atoms with van der Waals surface area (Å²) in [6, 6.07) is -0.198. The van der Waals surface area contributed by atoms with E-state index in [4.69, 9.17) is 9.84 Å². The molecule has 0 aromatic rings. The van der Waals surface area contributed by atoms with Gasteiger partial charge in [0, 0.05) is 13.2 Å². The van der Waals surface area contributed by atoms with Gasteiger partial charge in [-0.25, -0.2) is 0 Å². The maximum Gasteiger partial charge on any atom is 0.323 e. The standard InChI is InChI=1S/C7H13NO3/c9-4-1-2-6-7(10)11-5-3-8-6/h6,8-9H,1-5H2. The average molecular weight is 159 g/mol. The van der Waals surface area contributed by atoms with Gasteiger partial charge in [-0.2, -0.15) is 0 Å². The lowest BCUT2D eigenvalue weighted by Gasteiger charge is -2.21. The number of morpholine rings is 1. The van der Waals surface area contributed by atoms with Crippen molar-refractivity contribution in [2.45, 2.75) is 18.9 Å². The first kappa shape index (κ1) is 8.49. The number of hydrogen-bond acceptors (Lipinski definition) is 4. The number of hydrogen-bond donors (Lipinski definition) is 2. The zero-order valence-corrected chi connectivity index (χ0v) is 6.38. The molecule has 1 aliphatic heterocycles. The number of nitrogens with one attached hydrogen (secondary N) is 1. The molecule has 0 aromatic carbocycles. The van der Waals surface area contributed by atoms with Crippen LogP contribution >= 0.6 is 0 Å². The number of cyclic esters (lactones) is 1. The van der Waals surface area contributed by atoms with Gasteiger partial charge in [0.2, 0.25) is 0 Å². The summed E-state index contributed by atoms with van der Waals surface area (Å²) in [4.78, 5) is 10.9. The highest BCUT2D eigenvalue weighted by Gasteiger charge is 2.22. The molecule has 0 radical (unpaired) electrons. The lowest BCUT2D eigenvalue weighted by molar-refractivity contribution is -0.149. The average Bonchev–Trinajstić information content (AvgIpc) is 2.03. The van der Waals surface area contributed by atoms with Crippen LogP contribution in [-0.2, 0) is 9.53 Å². The lowest BCUT2D eigenvalue weighted by atomic mass is 10.1. The third-order valence-corrected chi connectivity index (χ3v) is 1.67. The van der Waals surface area contributed by atoms with Crippen LogP contribution in [0.15, 0.2) is 0 Å². The van der Waals surface area contributed by atoms with E-state index < -0.39 is 0 Å². The number of esters is 1. The second-order valence-corrected chi connectivity index (χ2v) is 2.54. The van der Waals surface area contributed by atoms with Gasteiger partial charge >= 0.3 is 5.97 Å². The Labute approximate surface area is 65.5 Å². The zero-order chi connectivity index (χ0) is 8.10. The second kappa shape index (κ2) is 4.31. The van der Waals surface area contributed by atoms with Gasteiger partial charge in [0.1, 0.15) is 12.6 Å². The number of carbonyl (C=O) groups is 1. The highest BCUT2D eigenvalue weighted by Crippen LogP contribution is 2.02. The van der Waals surface area contributed by atoms with Crippen LogP contribution in [0.3, 0.4) is 0 Å². The van der Waals surface area contributed by atoms with Crippen molar-refractivity contribution >= 4 is 5.97 Å². The van der Waals surface area contributed by atoms with E-state index in [1.165, 1.54) is 0 Å². The number of ether oxygens (including phenoxy) is 1. The van der Waals surface area contributed by atoms with Gasteiger partial charge in [0.15, 0.2) is 0 Å². The van der Waals surface area contributed by atoms with Crippen molar-refractivity contribution in [3.05, 3.63) is 0 Å². The Morgan fingerprint density at radius 3 is 3.18 bits per heavy atom. The highest BCUT2D eigenvalue weighted by atomic mass is 16.5. The van der Waals surface area contributed by atoms with Crippen molar-refractivity contribution in [2.75, 3.05) is 19.8 Å². The van der Waals surface area contributed by atoms with Crippen molar-refractivity contribution in [3.8, 4) is 0 Å². The fourth-order valence-electron chi connectivity index (χ4n) is 1.08. The Kier molecular flexibility index (Phi) is 3.32. The number of rotatable bonds is 3. The largest absolute Gasteiger partial charge is 0.463 e. The number of aliphatic hydroxyl groups is 1. The summed E-state index contributed by atoms with van der Waals surface area (Å²) in [5.41, 5.74) is 0. The molecular formula is C7H13NO3. The smallest absolute Gasteiger partial charge is 0.323 e. The van der Waals surface area contributed by atoms with Crippen molar-refractivity contribution in [3.63, 3.8) is 0 Å². The van der Waals surface area contributed by atoms with Crippen LogP contribution in [0, 0.1) is 0 Å². The van der Waals surface area contributed by atoms with Crippen LogP contribution in [0.1, 0.15) is 12.8 Å². The van der Waals surface area contributed by atoms with Crippen LogP contribution in [0.4, 0.5) is 0 Å². The molecule has 1 heterocycles. The molecule has 0 saturated carbocycles. The topological polar surface area (TPSA) is 58.6 Å². The van der Waals surface area contributed by atoms with E-state index in [0.717, 1.165) is 6.54 Å². The SMILES string of the molecule is O=C1OCCNC1CCCO. The molecule has 0 aromatic heterocycles. The van der Waals surface area contributed by atoms with Crippen LogP contribution in [-0.4, -0.2) is 36.9 Å². The summed E-state index contributed by atoms with van der Waals surface area (Å²) < 4.78 is 4.80. The van der Waals surface area contributed by atoms with Crippen LogP contribution < -0.4 is 5.32 Å². The van der Waals surface area contributed by atoms with Gasteiger partial charge < -0.3 is 15.2 Å². The quantitative estimate of drug-likeness (QED) is 0.533. The van der Waals surface area contributed by atoms with E-state index in [2.05, 4.69) is 5.32 Å². The Morgan fingerprint density at radius 1 is 1.73 bits per heavy atom. The van der Waals surface area contributed by atoms with Crippen molar-refractivity contribution < 1.29 is 14.6 Å². The first-order valence-electron chi connectivity index (χ1n) is 3.85. The molecule has 1 aliphatic rings. The Bertz CT molecular complexity index is 138. The minimum absolute atomic E-state index is 0.130. The van der Waals surface area contributed by atoms with Gasteiger partial charge in [-0.05, 0) is 12.8 Å². The number of aliphatic hydroxyl groups excluding tert-OH is 1. The van der Waals surface area contributed by atoms with E-state index in [-0.39, 0.29) is 18.6 Å². The van der Waals surface area contributed by atoms with Crippen LogP contribution in [0.25, 0.3) is 0 Å². The summed E-state index contributed by atoms with van der Waals surface area (Å²) in [6.45, 7) is 1.32. The monoisotopic (exact) mass is 159 g/mol. The maximum atomic E-state index is 10.9. The summed E-state index contributed by atoms with van der Waals surface area (Å²) in [7, 11) is 0. The Hall–Kier alpha value is -0.610. The summed E-state index contributed by atoms with van der Waals surface area (Å²) in [6.07, 6.45) is 1.31. The molecule has 0 amide bonds. The third kappa shape index (κ3) is 2.48. The second-order valence-electron chi connectivity index (χ2n) is 2.54. The van der Waals surface area contributed by atoms with E-state index in [1.807, 2.05) is 0 Å². The first-order valence-corrected chi connectivity index (χ1v) is 3.85.